The Morgan fingerprint density at radius 1 is 1.56 bits per heavy atom. The smallest absolute Gasteiger partial charge is 0.137 e. The lowest BCUT2D eigenvalue weighted by molar-refractivity contribution is 0.248. The molecule has 1 saturated heterocycles. The second kappa shape index (κ2) is 5.25. The topological polar surface area (TPSA) is 15.3 Å². The highest BCUT2D eigenvalue weighted by Gasteiger charge is 2.19. The van der Waals surface area contributed by atoms with E-state index in [1.165, 1.54) is 12.5 Å². The normalized spacial score (nSPS) is 20.6. The number of hydrogen-bond donors (Lipinski definition) is 1. The molecule has 4 heteroatoms. The Hall–Kier alpha value is -0.450. The summed E-state index contributed by atoms with van der Waals surface area (Å²) < 4.78 is 13.9. The Bertz CT molecular complexity index is 364. The number of nitrogens with zero attached hydrogens (tertiary/aromatic N) is 1. The van der Waals surface area contributed by atoms with Crippen molar-refractivity contribution in [1.82, 2.24) is 10.2 Å². The highest BCUT2D eigenvalue weighted by Crippen LogP contribution is 2.22. The molecule has 0 radical (unpaired) electrons. The first-order valence-corrected chi connectivity index (χ1v) is 6.31. The Kier molecular flexibility index (Phi) is 3.95. The van der Waals surface area contributed by atoms with Crippen LogP contribution >= 0.6 is 15.9 Å². The van der Waals surface area contributed by atoms with Crippen molar-refractivity contribution in [3.05, 3.63) is 34.1 Å². The van der Waals surface area contributed by atoms with Crippen molar-refractivity contribution < 1.29 is 4.39 Å². The lowest BCUT2D eigenvalue weighted by Crippen LogP contribution is -2.32. The van der Waals surface area contributed by atoms with E-state index in [9.17, 15) is 4.39 Å². The molecule has 1 aliphatic rings. The van der Waals surface area contributed by atoms with E-state index in [0.29, 0.717) is 10.5 Å². The fraction of sp³-hybridized carbons (Fsp3) is 0.500. The third-order valence-corrected chi connectivity index (χ3v) is 4.00. The largest absolute Gasteiger partial charge is 0.315 e. The van der Waals surface area contributed by atoms with Crippen LogP contribution in [0.25, 0.3) is 0 Å². The van der Waals surface area contributed by atoms with E-state index in [2.05, 4.69) is 33.2 Å². The summed E-state index contributed by atoms with van der Waals surface area (Å²) in [6.07, 6.45) is 1.17. The highest BCUT2D eigenvalue weighted by atomic mass is 79.9. The van der Waals surface area contributed by atoms with Crippen LogP contribution in [0, 0.1) is 5.82 Å². The van der Waals surface area contributed by atoms with Gasteiger partial charge in [-0.15, -0.1) is 0 Å². The van der Waals surface area contributed by atoms with Gasteiger partial charge in [0.2, 0.25) is 0 Å². The number of halogens is 2. The molecule has 16 heavy (non-hydrogen) atoms. The van der Waals surface area contributed by atoms with Crippen LogP contribution in [-0.4, -0.2) is 31.1 Å². The van der Waals surface area contributed by atoms with Gasteiger partial charge in [0.05, 0.1) is 4.47 Å². The number of nitrogens with one attached hydrogen (secondary N) is 1. The molecule has 1 heterocycles. The maximum absolute atomic E-state index is 13.3. The van der Waals surface area contributed by atoms with Crippen LogP contribution in [0.5, 0.6) is 0 Å². The van der Waals surface area contributed by atoms with Gasteiger partial charge in [-0.3, -0.25) is 4.90 Å². The SMILES string of the molecule is CN(Cc1cccc(F)c1Br)C1CCNC1. The van der Waals surface area contributed by atoms with E-state index in [0.717, 1.165) is 25.2 Å². The fourth-order valence-corrected chi connectivity index (χ4v) is 2.47. The van der Waals surface area contributed by atoms with Crippen LogP contribution in [0.15, 0.2) is 22.7 Å². The van der Waals surface area contributed by atoms with Gasteiger partial charge in [-0.2, -0.15) is 0 Å². The molecule has 0 amide bonds. The predicted octanol–water partition coefficient (Wildman–Crippen LogP) is 2.38. The Morgan fingerprint density at radius 2 is 2.38 bits per heavy atom. The maximum Gasteiger partial charge on any atom is 0.137 e. The predicted molar refractivity (Wildman–Crippen MR) is 66.8 cm³/mol. The van der Waals surface area contributed by atoms with Crippen LogP contribution in [0.2, 0.25) is 0 Å². The molecule has 1 N–H and O–H groups in total. The molecule has 1 aromatic carbocycles. The van der Waals surface area contributed by atoms with E-state index in [1.807, 2.05) is 6.07 Å². The second-order valence-electron chi connectivity index (χ2n) is 4.27. The molecule has 0 aliphatic carbocycles. The monoisotopic (exact) mass is 286 g/mol. The van der Waals surface area contributed by atoms with Gasteiger partial charge in [-0.1, -0.05) is 12.1 Å². The molecule has 0 bridgehead atoms. The summed E-state index contributed by atoms with van der Waals surface area (Å²) in [6, 6.07) is 5.77. The lowest BCUT2D eigenvalue weighted by Gasteiger charge is -2.24. The average Bonchev–Trinajstić information content (AvgIpc) is 2.78. The molecule has 0 aromatic heterocycles. The quantitative estimate of drug-likeness (QED) is 0.918. The van der Waals surface area contributed by atoms with Gasteiger partial charge >= 0.3 is 0 Å². The number of benzene rings is 1. The summed E-state index contributed by atoms with van der Waals surface area (Å²) in [5.41, 5.74) is 1.01. The lowest BCUT2D eigenvalue weighted by atomic mass is 10.1. The molecule has 1 aromatic rings. The minimum Gasteiger partial charge on any atom is -0.315 e. The minimum atomic E-state index is -0.185. The summed E-state index contributed by atoms with van der Waals surface area (Å²) in [6.45, 7) is 2.90. The molecular formula is C12H16BrFN2. The molecule has 1 unspecified atom stereocenters. The summed E-state index contributed by atoms with van der Waals surface area (Å²) in [5, 5.41) is 3.34. The molecule has 0 spiro atoms. The summed E-state index contributed by atoms with van der Waals surface area (Å²) in [4.78, 5) is 2.28. The van der Waals surface area contributed by atoms with Crippen molar-refractivity contribution in [2.24, 2.45) is 0 Å². The number of hydrogen-bond acceptors (Lipinski definition) is 2. The Morgan fingerprint density at radius 3 is 3.06 bits per heavy atom. The van der Waals surface area contributed by atoms with Crippen molar-refractivity contribution in [1.29, 1.82) is 0 Å². The van der Waals surface area contributed by atoms with Gasteiger partial charge in [-0.05, 0) is 47.6 Å². The molecule has 1 aliphatic heterocycles. The molecule has 0 saturated carbocycles. The minimum absolute atomic E-state index is 0.185. The van der Waals surface area contributed by atoms with E-state index < -0.39 is 0 Å². The Labute approximate surface area is 104 Å². The van der Waals surface area contributed by atoms with Crippen molar-refractivity contribution >= 4 is 15.9 Å². The van der Waals surface area contributed by atoms with E-state index in [-0.39, 0.29) is 5.82 Å². The number of likely N-dealkylation sites (N-methyl/N-ethyl adjacent to an activating group) is 1. The molecule has 2 nitrogen and oxygen atoms in total. The van der Waals surface area contributed by atoms with Gasteiger partial charge in [0.15, 0.2) is 0 Å². The van der Waals surface area contributed by atoms with Crippen LogP contribution in [0.1, 0.15) is 12.0 Å². The van der Waals surface area contributed by atoms with Crippen molar-refractivity contribution in [2.75, 3.05) is 20.1 Å². The molecule has 1 atom stereocenters. The zero-order valence-electron chi connectivity index (χ0n) is 9.34. The second-order valence-corrected chi connectivity index (χ2v) is 5.07. The van der Waals surface area contributed by atoms with E-state index >= 15 is 0 Å². The van der Waals surface area contributed by atoms with Crippen LogP contribution in [-0.2, 0) is 6.54 Å². The van der Waals surface area contributed by atoms with Crippen molar-refractivity contribution in [3.63, 3.8) is 0 Å². The fourth-order valence-electron chi connectivity index (χ4n) is 2.08. The van der Waals surface area contributed by atoms with Crippen LogP contribution in [0.4, 0.5) is 4.39 Å². The number of rotatable bonds is 3. The summed E-state index contributed by atoms with van der Waals surface area (Å²) >= 11 is 3.30. The molecule has 2 rings (SSSR count). The standard InChI is InChI=1S/C12H16BrFN2/c1-16(10-5-6-15-7-10)8-9-3-2-4-11(14)12(9)13/h2-4,10,15H,5-8H2,1H3. The molecule has 1 fully saturated rings. The molecular weight excluding hydrogens is 271 g/mol. The van der Waals surface area contributed by atoms with Crippen LogP contribution < -0.4 is 5.32 Å². The first-order valence-electron chi connectivity index (χ1n) is 5.52. The third-order valence-electron chi connectivity index (χ3n) is 3.11. The van der Waals surface area contributed by atoms with Crippen molar-refractivity contribution in [3.8, 4) is 0 Å². The van der Waals surface area contributed by atoms with Gasteiger partial charge in [-0.25, -0.2) is 4.39 Å². The Balaban J connectivity index is 2.05. The average molecular weight is 287 g/mol. The zero-order valence-corrected chi connectivity index (χ0v) is 10.9. The van der Waals surface area contributed by atoms with Gasteiger partial charge in [0, 0.05) is 19.1 Å². The molecule has 88 valence electrons. The van der Waals surface area contributed by atoms with Gasteiger partial charge < -0.3 is 5.32 Å². The maximum atomic E-state index is 13.3. The van der Waals surface area contributed by atoms with E-state index in [1.54, 1.807) is 6.07 Å². The highest BCUT2D eigenvalue weighted by molar-refractivity contribution is 9.10. The summed E-state index contributed by atoms with van der Waals surface area (Å²) in [5.74, 6) is -0.185. The first kappa shape index (κ1) is 12.0. The zero-order chi connectivity index (χ0) is 11.5. The van der Waals surface area contributed by atoms with E-state index in [4.69, 9.17) is 0 Å². The first-order chi connectivity index (χ1) is 7.68. The van der Waals surface area contributed by atoms with Gasteiger partial charge in [0.1, 0.15) is 5.82 Å². The third kappa shape index (κ3) is 2.62. The summed E-state index contributed by atoms with van der Waals surface area (Å²) in [7, 11) is 2.09. The van der Waals surface area contributed by atoms with Crippen molar-refractivity contribution in [2.45, 2.75) is 19.0 Å². The van der Waals surface area contributed by atoms with Gasteiger partial charge in [0.25, 0.3) is 0 Å². The van der Waals surface area contributed by atoms with Crippen LogP contribution in [0.3, 0.4) is 0 Å².